The highest BCUT2D eigenvalue weighted by atomic mass is 16.7. The standard InChI is InChI=1S/C13H12N4O5/c1-16-6-11(17(19)20)15-12(16)13(18)14-5-8-2-3-9-10(4-8)22-7-21-9/h2-4,6H,5,7H2,1H3,(H,14,18). The molecule has 0 aliphatic carbocycles. The summed E-state index contributed by atoms with van der Waals surface area (Å²) in [7, 11) is 1.52. The quantitative estimate of drug-likeness (QED) is 0.666. The lowest BCUT2D eigenvalue weighted by Crippen LogP contribution is -2.25. The van der Waals surface area contributed by atoms with Gasteiger partial charge < -0.3 is 29.5 Å². The smallest absolute Gasteiger partial charge is 0.382 e. The number of imidazole rings is 1. The number of aryl methyl sites for hydroxylation is 1. The first-order valence-electron chi connectivity index (χ1n) is 6.39. The number of nitrogens with zero attached hydrogens (tertiary/aromatic N) is 3. The first kappa shape index (κ1) is 13.9. The van der Waals surface area contributed by atoms with E-state index < -0.39 is 10.8 Å². The van der Waals surface area contributed by atoms with Gasteiger partial charge in [0.25, 0.3) is 0 Å². The molecule has 1 amide bonds. The zero-order valence-electron chi connectivity index (χ0n) is 11.6. The second kappa shape index (κ2) is 5.35. The third-order valence-corrected chi connectivity index (χ3v) is 3.14. The van der Waals surface area contributed by atoms with Crippen LogP contribution in [0.5, 0.6) is 11.5 Å². The van der Waals surface area contributed by atoms with Gasteiger partial charge in [-0.15, -0.1) is 0 Å². The van der Waals surface area contributed by atoms with Crippen molar-refractivity contribution in [3.63, 3.8) is 0 Å². The predicted molar refractivity (Wildman–Crippen MR) is 73.6 cm³/mol. The number of nitrogens with one attached hydrogen (secondary N) is 1. The number of aromatic nitrogens is 2. The molecule has 9 nitrogen and oxygen atoms in total. The van der Waals surface area contributed by atoms with Crippen molar-refractivity contribution in [3.05, 3.63) is 45.9 Å². The molecule has 114 valence electrons. The van der Waals surface area contributed by atoms with Crippen molar-refractivity contribution in [2.45, 2.75) is 6.54 Å². The summed E-state index contributed by atoms with van der Waals surface area (Å²) in [4.78, 5) is 25.7. The zero-order valence-corrected chi connectivity index (χ0v) is 11.6. The molecule has 1 aliphatic heterocycles. The Morgan fingerprint density at radius 2 is 2.23 bits per heavy atom. The van der Waals surface area contributed by atoms with Crippen molar-refractivity contribution in [1.82, 2.24) is 14.9 Å². The summed E-state index contributed by atoms with van der Waals surface area (Å²) >= 11 is 0. The van der Waals surface area contributed by atoms with Gasteiger partial charge in [0.1, 0.15) is 6.20 Å². The van der Waals surface area contributed by atoms with E-state index in [0.29, 0.717) is 11.5 Å². The van der Waals surface area contributed by atoms with Crippen molar-refractivity contribution in [3.8, 4) is 11.5 Å². The van der Waals surface area contributed by atoms with Crippen LogP contribution in [0.4, 0.5) is 5.82 Å². The number of ether oxygens (including phenoxy) is 2. The first-order chi connectivity index (χ1) is 10.5. The van der Waals surface area contributed by atoms with Crippen molar-refractivity contribution in [2.75, 3.05) is 6.79 Å². The minimum absolute atomic E-state index is 0.0209. The molecule has 1 aromatic heterocycles. The molecule has 2 aromatic rings. The molecule has 22 heavy (non-hydrogen) atoms. The van der Waals surface area contributed by atoms with Gasteiger partial charge in [-0.2, -0.15) is 0 Å². The summed E-state index contributed by atoms with van der Waals surface area (Å²) in [5.41, 5.74) is 0.821. The molecule has 0 radical (unpaired) electrons. The second-order valence-corrected chi connectivity index (χ2v) is 4.66. The lowest BCUT2D eigenvalue weighted by atomic mass is 10.2. The van der Waals surface area contributed by atoms with Gasteiger partial charge in [0.2, 0.25) is 6.79 Å². The fourth-order valence-electron chi connectivity index (χ4n) is 2.06. The minimum Gasteiger partial charge on any atom is -0.454 e. The SMILES string of the molecule is Cn1cc([N+](=O)[O-])nc1C(=O)NCc1ccc2c(c1)OCO2. The summed E-state index contributed by atoms with van der Waals surface area (Å²) < 4.78 is 11.8. The molecule has 0 atom stereocenters. The molecule has 0 saturated heterocycles. The highest BCUT2D eigenvalue weighted by Gasteiger charge is 2.23. The highest BCUT2D eigenvalue weighted by molar-refractivity contribution is 5.91. The van der Waals surface area contributed by atoms with Gasteiger partial charge in [0, 0.05) is 13.6 Å². The van der Waals surface area contributed by atoms with E-state index in [1.54, 1.807) is 18.2 Å². The molecule has 2 heterocycles. The Morgan fingerprint density at radius 1 is 1.45 bits per heavy atom. The summed E-state index contributed by atoms with van der Waals surface area (Å²) in [5, 5.41) is 13.3. The normalized spacial score (nSPS) is 12.2. The highest BCUT2D eigenvalue weighted by Crippen LogP contribution is 2.32. The molecule has 0 saturated carbocycles. The molecule has 9 heteroatoms. The van der Waals surface area contributed by atoms with Crippen LogP contribution in [0.3, 0.4) is 0 Å². The number of amides is 1. The summed E-state index contributed by atoms with van der Waals surface area (Å²) in [6, 6.07) is 5.33. The molecular formula is C13H12N4O5. The van der Waals surface area contributed by atoms with Crippen LogP contribution in [0.25, 0.3) is 0 Å². The minimum atomic E-state index is -0.644. The number of carbonyl (C=O) groups is 1. The van der Waals surface area contributed by atoms with E-state index in [9.17, 15) is 14.9 Å². The van der Waals surface area contributed by atoms with E-state index >= 15 is 0 Å². The molecular weight excluding hydrogens is 292 g/mol. The zero-order chi connectivity index (χ0) is 15.7. The molecule has 1 aromatic carbocycles. The van der Waals surface area contributed by atoms with Crippen LogP contribution in [0, 0.1) is 10.1 Å². The van der Waals surface area contributed by atoms with E-state index in [-0.39, 0.29) is 25.0 Å². The van der Waals surface area contributed by atoms with E-state index in [1.165, 1.54) is 17.8 Å². The number of hydrogen-bond acceptors (Lipinski definition) is 6. The van der Waals surface area contributed by atoms with Crippen molar-refractivity contribution in [2.24, 2.45) is 7.05 Å². The number of fused-ring (bicyclic) bond motifs is 1. The summed E-state index contributed by atoms with van der Waals surface area (Å²) in [6.07, 6.45) is 1.19. The number of carbonyl (C=O) groups excluding carboxylic acids is 1. The van der Waals surface area contributed by atoms with E-state index in [2.05, 4.69) is 10.3 Å². The Kier molecular flexibility index (Phi) is 3.37. The van der Waals surface area contributed by atoms with Gasteiger partial charge in [0.15, 0.2) is 11.5 Å². The molecule has 1 aliphatic rings. The fourth-order valence-corrected chi connectivity index (χ4v) is 2.06. The largest absolute Gasteiger partial charge is 0.454 e. The van der Waals surface area contributed by atoms with E-state index in [0.717, 1.165) is 5.56 Å². The van der Waals surface area contributed by atoms with Gasteiger partial charge in [-0.25, -0.2) is 0 Å². The fraction of sp³-hybridized carbons (Fsp3) is 0.231. The monoisotopic (exact) mass is 304 g/mol. The second-order valence-electron chi connectivity index (χ2n) is 4.66. The first-order valence-corrected chi connectivity index (χ1v) is 6.39. The number of hydrogen-bond donors (Lipinski definition) is 1. The average molecular weight is 304 g/mol. The van der Waals surface area contributed by atoms with Crippen molar-refractivity contribution < 1.29 is 19.2 Å². The Hall–Kier alpha value is -3.10. The van der Waals surface area contributed by atoms with Crippen LogP contribution in [0.2, 0.25) is 0 Å². The Bertz CT molecular complexity index is 755. The predicted octanol–water partition coefficient (Wildman–Crippen LogP) is 0.987. The maximum absolute atomic E-state index is 12.0. The van der Waals surface area contributed by atoms with Crippen LogP contribution in [0.15, 0.2) is 24.4 Å². The molecule has 1 N–H and O–H groups in total. The van der Waals surface area contributed by atoms with Crippen LogP contribution in [-0.2, 0) is 13.6 Å². The molecule has 0 spiro atoms. The lowest BCUT2D eigenvalue weighted by molar-refractivity contribution is -0.389. The van der Waals surface area contributed by atoms with Gasteiger partial charge >= 0.3 is 17.5 Å². The van der Waals surface area contributed by atoms with Gasteiger partial charge in [0.05, 0.1) is 0 Å². The summed E-state index contributed by atoms with van der Waals surface area (Å²) in [6.45, 7) is 0.429. The third kappa shape index (κ3) is 2.55. The molecule has 0 bridgehead atoms. The Balaban J connectivity index is 1.68. The van der Waals surface area contributed by atoms with Gasteiger partial charge in [-0.1, -0.05) is 6.07 Å². The van der Waals surface area contributed by atoms with Crippen LogP contribution in [-0.4, -0.2) is 27.2 Å². The van der Waals surface area contributed by atoms with Gasteiger partial charge in [-0.05, 0) is 27.6 Å². The van der Waals surface area contributed by atoms with Crippen LogP contribution >= 0.6 is 0 Å². The number of nitro groups is 1. The average Bonchev–Trinajstić information content (AvgIpc) is 3.10. The molecule has 3 rings (SSSR count). The maximum atomic E-state index is 12.0. The topological polar surface area (TPSA) is 109 Å². The Labute approximate surface area is 124 Å². The van der Waals surface area contributed by atoms with Crippen molar-refractivity contribution in [1.29, 1.82) is 0 Å². The molecule has 0 fully saturated rings. The van der Waals surface area contributed by atoms with Crippen molar-refractivity contribution >= 4 is 11.7 Å². The number of benzene rings is 1. The summed E-state index contributed by atoms with van der Waals surface area (Å²) in [5.74, 6) is 0.408. The molecule has 0 unspecified atom stereocenters. The van der Waals surface area contributed by atoms with Gasteiger partial charge in [-0.3, -0.25) is 4.79 Å². The third-order valence-electron chi connectivity index (χ3n) is 3.14. The Morgan fingerprint density at radius 3 is 2.95 bits per heavy atom. The van der Waals surface area contributed by atoms with Crippen LogP contribution in [0.1, 0.15) is 16.2 Å². The van der Waals surface area contributed by atoms with E-state index in [1.807, 2.05) is 0 Å². The number of rotatable bonds is 4. The van der Waals surface area contributed by atoms with E-state index in [4.69, 9.17) is 9.47 Å². The lowest BCUT2D eigenvalue weighted by Gasteiger charge is -2.04. The maximum Gasteiger partial charge on any atom is 0.382 e. The van der Waals surface area contributed by atoms with Crippen LogP contribution < -0.4 is 14.8 Å².